The summed E-state index contributed by atoms with van der Waals surface area (Å²) in [5.74, 6) is 2.62. The monoisotopic (exact) mass is 599 g/mol. The van der Waals surface area contributed by atoms with Crippen LogP contribution < -0.4 is 0 Å². The summed E-state index contributed by atoms with van der Waals surface area (Å²) in [6.07, 6.45) is 19.1. The van der Waals surface area contributed by atoms with Gasteiger partial charge in [-0.2, -0.15) is 0 Å². The Hall–Kier alpha value is -1.14. The second-order valence-corrected chi connectivity index (χ2v) is 16.8. The standard InChI is InChI=1S/C37H63N2O4/c1-6-14-34(41)43-35-32(39(5)21-12-7-8-13-22-39)24-30-28-16-15-27-23-33(42-26(2)40)31(38-19-10-9-11-20-38)25-37(27,4)29(28)17-18-36(30,35)3/h27-33,35H,6-25H2,1-5H3/q+1/t27-,28?,29?,30?,31-,32-,33-,35-,36-,37-/m0/s1. The van der Waals surface area contributed by atoms with E-state index in [1.54, 1.807) is 6.92 Å². The number of rotatable bonds is 6. The highest BCUT2D eigenvalue weighted by Crippen LogP contribution is 2.67. The van der Waals surface area contributed by atoms with Gasteiger partial charge in [0.05, 0.1) is 20.1 Å². The van der Waals surface area contributed by atoms with E-state index in [1.807, 2.05) is 0 Å². The molecule has 0 amide bonds. The first-order valence-corrected chi connectivity index (χ1v) is 18.5. The zero-order valence-electron chi connectivity index (χ0n) is 28.3. The fraction of sp³-hybridized carbons (Fsp3) is 0.946. The van der Waals surface area contributed by atoms with E-state index >= 15 is 0 Å². The van der Waals surface area contributed by atoms with Crippen LogP contribution in [0.5, 0.6) is 0 Å². The summed E-state index contributed by atoms with van der Waals surface area (Å²) in [6, 6.07) is 0.789. The fourth-order valence-electron chi connectivity index (χ4n) is 12.1. The lowest BCUT2D eigenvalue weighted by Gasteiger charge is -2.62. The van der Waals surface area contributed by atoms with Crippen LogP contribution in [0.4, 0.5) is 0 Å². The molecule has 6 fully saturated rings. The smallest absolute Gasteiger partial charge is 0.306 e. The molecule has 2 heterocycles. The van der Waals surface area contributed by atoms with Crippen molar-refractivity contribution in [1.29, 1.82) is 0 Å². The Balaban J connectivity index is 1.29. The number of fused-ring (bicyclic) bond motifs is 5. The van der Waals surface area contributed by atoms with E-state index in [1.165, 1.54) is 96.6 Å². The molecule has 4 saturated carbocycles. The van der Waals surface area contributed by atoms with Crippen LogP contribution in [-0.2, 0) is 19.1 Å². The molecule has 10 atom stereocenters. The molecule has 6 aliphatic rings. The van der Waals surface area contributed by atoms with Crippen molar-refractivity contribution in [2.75, 3.05) is 33.2 Å². The minimum atomic E-state index is -0.108. The molecule has 2 saturated heterocycles. The molecule has 0 N–H and O–H groups in total. The predicted molar refractivity (Wildman–Crippen MR) is 170 cm³/mol. The van der Waals surface area contributed by atoms with Gasteiger partial charge in [0.2, 0.25) is 0 Å². The van der Waals surface area contributed by atoms with Gasteiger partial charge >= 0.3 is 11.9 Å². The molecule has 6 rings (SSSR count). The normalized spacial score (nSPS) is 44.8. The Morgan fingerprint density at radius 1 is 0.860 bits per heavy atom. The molecule has 0 aromatic rings. The van der Waals surface area contributed by atoms with Gasteiger partial charge in [-0.05, 0) is 126 Å². The predicted octanol–water partition coefficient (Wildman–Crippen LogP) is 7.14. The van der Waals surface area contributed by atoms with Crippen molar-refractivity contribution in [1.82, 2.24) is 4.90 Å². The van der Waals surface area contributed by atoms with E-state index in [0.717, 1.165) is 36.3 Å². The largest absolute Gasteiger partial charge is 0.461 e. The van der Waals surface area contributed by atoms with Crippen LogP contribution in [0.25, 0.3) is 0 Å². The lowest BCUT2D eigenvalue weighted by molar-refractivity contribution is -0.935. The molecule has 0 bridgehead atoms. The zero-order valence-corrected chi connectivity index (χ0v) is 28.3. The highest BCUT2D eigenvalue weighted by Gasteiger charge is 2.67. The number of likely N-dealkylation sites (N-methyl/N-ethyl adjacent to an activating group) is 1. The van der Waals surface area contributed by atoms with Gasteiger partial charge in [0, 0.05) is 31.2 Å². The van der Waals surface area contributed by atoms with Gasteiger partial charge < -0.3 is 14.0 Å². The molecular formula is C37H63N2O4+. The number of likely N-dealkylation sites (tertiary alicyclic amines) is 2. The number of carbonyl (C=O) groups excluding carboxylic acids is 2. The number of nitrogens with zero attached hydrogens (tertiary/aromatic N) is 2. The quantitative estimate of drug-likeness (QED) is 0.240. The molecule has 0 spiro atoms. The molecule has 0 aromatic heterocycles. The van der Waals surface area contributed by atoms with Gasteiger partial charge in [0.15, 0.2) is 6.10 Å². The van der Waals surface area contributed by atoms with Crippen LogP contribution in [0, 0.1) is 34.5 Å². The highest BCUT2D eigenvalue weighted by atomic mass is 16.5. The Kier molecular flexibility index (Phi) is 9.31. The third-order valence-corrected chi connectivity index (χ3v) is 14.4. The summed E-state index contributed by atoms with van der Waals surface area (Å²) < 4.78 is 13.9. The molecular weight excluding hydrogens is 536 g/mol. The van der Waals surface area contributed by atoms with E-state index in [2.05, 4.69) is 32.7 Å². The van der Waals surface area contributed by atoms with Crippen LogP contribution in [0.2, 0.25) is 0 Å². The van der Waals surface area contributed by atoms with Crippen molar-refractivity contribution >= 4 is 11.9 Å². The molecule has 6 nitrogen and oxygen atoms in total. The molecule has 244 valence electrons. The van der Waals surface area contributed by atoms with Gasteiger partial charge in [-0.15, -0.1) is 0 Å². The first-order valence-electron chi connectivity index (χ1n) is 18.5. The van der Waals surface area contributed by atoms with Gasteiger partial charge in [0.1, 0.15) is 12.1 Å². The van der Waals surface area contributed by atoms with Crippen LogP contribution in [0.1, 0.15) is 130 Å². The first kappa shape index (κ1) is 31.8. The lowest BCUT2D eigenvalue weighted by Crippen LogP contribution is -2.61. The minimum absolute atomic E-state index is 0.0340. The number of piperidine rings is 1. The summed E-state index contributed by atoms with van der Waals surface area (Å²) in [4.78, 5) is 28.1. The summed E-state index contributed by atoms with van der Waals surface area (Å²) in [7, 11) is 2.51. The van der Waals surface area contributed by atoms with E-state index < -0.39 is 0 Å². The third-order valence-electron chi connectivity index (χ3n) is 14.4. The third kappa shape index (κ3) is 5.83. The maximum atomic E-state index is 13.2. The van der Waals surface area contributed by atoms with E-state index in [9.17, 15) is 9.59 Å². The molecule has 2 aliphatic heterocycles. The lowest BCUT2D eigenvalue weighted by atomic mass is 9.44. The Labute approximate surface area is 262 Å². The topological polar surface area (TPSA) is 55.8 Å². The van der Waals surface area contributed by atoms with Crippen LogP contribution >= 0.6 is 0 Å². The molecule has 3 unspecified atom stereocenters. The average molecular weight is 600 g/mol. The number of esters is 2. The minimum Gasteiger partial charge on any atom is -0.461 e. The number of ether oxygens (including phenoxy) is 2. The Morgan fingerprint density at radius 3 is 2.23 bits per heavy atom. The number of hydrogen-bond donors (Lipinski definition) is 0. The van der Waals surface area contributed by atoms with E-state index in [-0.39, 0.29) is 35.0 Å². The number of quaternary nitrogens is 1. The zero-order chi connectivity index (χ0) is 30.4. The van der Waals surface area contributed by atoms with Crippen molar-refractivity contribution in [3.05, 3.63) is 0 Å². The molecule has 6 heteroatoms. The summed E-state index contributed by atoms with van der Waals surface area (Å²) in [5, 5.41) is 0. The first-order chi connectivity index (χ1) is 20.6. The van der Waals surface area contributed by atoms with Gasteiger partial charge in [-0.3, -0.25) is 14.5 Å². The number of carbonyl (C=O) groups is 2. The van der Waals surface area contributed by atoms with Crippen molar-refractivity contribution in [2.24, 2.45) is 34.5 Å². The van der Waals surface area contributed by atoms with Gasteiger partial charge in [0.25, 0.3) is 0 Å². The Bertz CT molecular complexity index is 1000. The molecule has 43 heavy (non-hydrogen) atoms. The van der Waals surface area contributed by atoms with Crippen LogP contribution in [0.15, 0.2) is 0 Å². The maximum absolute atomic E-state index is 13.2. The SMILES string of the molecule is CCCC(=O)O[C@H]1[C@@H]([N+]2(C)CCCCCC2)CC2C3CC[C@H]4C[C@H](OC(C)=O)[C@@H](N5CCCCC5)C[C@]4(C)C3CC[C@@]21C. The van der Waals surface area contributed by atoms with Crippen molar-refractivity contribution in [2.45, 2.75) is 155 Å². The second kappa shape index (κ2) is 12.6. The van der Waals surface area contributed by atoms with Crippen LogP contribution in [-0.4, -0.2) is 78.8 Å². The van der Waals surface area contributed by atoms with E-state index in [0.29, 0.717) is 36.3 Å². The van der Waals surface area contributed by atoms with Crippen molar-refractivity contribution in [3.8, 4) is 0 Å². The van der Waals surface area contributed by atoms with Crippen LogP contribution in [0.3, 0.4) is 0 Å². The molecule has 0 aromatic carbocycles. The highest BCUT2D eigenvalue weighted by molar-refractivity contribution is 5.69. The summed E-state index contributed by atoms with van der Waals surface area (Å²) in [5.41, 5.74) is 0.365. The Morgan fingerprint density at radius 2 is 1.56 bits per heavy atom. The molecule has 0 radical (unpaired) electrons. The fourth-order valence-corrected chi connectivity index (χ4v) is 12.1. The van der Waals surface area contributed by atoms with Crippen molar-refractivity contribution in [3.63, 3.8) is 0 Å². The average Bonchev–Trinajstić information content (AvgIpc) is 3.10. The number of hydrogen-bond acceptors (Lipinski definition) is 5. The van der Waals surface area contributed by atoms with E-state index in [4.69, 9.17) is 9.47 Å². The summed E-state index contributed by atoms with van der Waals surface area (Å²) >= 11 is 0. The van der Waals surface area contributed by atoms with Crippen molar-refractivity contribution < 1.29 is 23.5 Å². The van der Waals surface area contributed by atoms with Gasteiger partial charge in [-0.25, -0.2) is 0 Å². The summed E-state index contributed by atoms with van der Waals surface area (Å²) in [6.45, 7) is 13.7. The molecule has 4 aliphatic carbocycles. The maximum Gasteiger partial charge on any atom is 0.306 e. The van der Waals surface area contributed by atoms with Gasteiger partial charge in [-0.1, -0.05) is 27.2 Å². The second-order valence-electron chi connectivity index (χ2n) is 16.8.